The van der Waals surface area contributed by atoms with E-state index in [-0.39, 0.29) is 5.82 Å². The number of aromatic nitrogens is 3. The van der Waals surface area contributed by atoms with Crippen LogP contribution in [0.5, 0.6) is 0 Å². The number of halogens is 1. The van der Waals surface area contributed by atoms with Crippen LogP contribution in [0.2, 0.25) is 0 Å². The molecule has 23 heavy (non-hydrogen) atoms. The molecule has 2 heterocycles. The van der Waals surface area contributed by atoms with Gasteiger partial charge in [0.1, 0.15) is 17.3 Å². The van der Waals surface area contributed by atoms with Crippen molar-refractivity contribution < 1.29 is 14.0 Å². The smallest absolute Gasteiger partial charge is 0.171 e. The molecular formula is C16H17FN4O2. The maximum atomic E-state index is 13.2. The number of aliphatic hydroxyl groups excluding tert-OH is 1. The first-order chi connectivity index (χ1) is 11.1. The van der Waals surface area contributed by atoms with Crippen LogP contribution in [0, 0.1) is 5.82 Å². The summed E-state index contributed by atoms with van der Waals surface area (Å²) >= 11 is 0. The number of nitrogens with one attached hydrogen (secondary N) is 1. The van der Waals surface area contributed by atoms with E-state index in [2.05, 4.69) is 15.6 Å². The zero-order valence-corrected chi connectivity index (χ0v) is 12.6. The Bertz CT molecular complexity index is 784. The lowest BCUT2D eigenvalue weighted by Gasteiger charge is -2.08. The molecule has 2 N–H and O–H groups in total. The number of anilines is 1. The quantitative estimate of drug-likeness (QED) is 0.684. The molecule has 0 bridgehead atoms. The molecule has 7 heteroatoms. The number of benzene rings is 1. The lowest BCUT2D eigenvalue weighted by molar-refractivity contribution is 0.196. The average Bonchev–Trinajstić information content (AvgIpc) is 3.16. The Morgan fingerprint density at radius 3 is 3.00 bits per heavy atom. The van der Waals surface area contributed by atoms with E-state index >= 15 is 0 Å². The molecule has 0 aliphatic rings. The highest BCUT2D eigenvalue weighted by molar-refractivity contribution is 5.40. The molecule has 1 unspecified atom stereocenters. The van der Waals surface area contributed by atoms with Crippen molar-refractivity contribution in [2.45, 2.75) is 26.1 Å². The van der Waals surface area contributed by atoms with Crippen LogP contribution < -0.4 is 5.32 Å². The molecule has 0 fully saturated rings. The second kappa shape index (κ2) is 6.62. The van der Waals surface area contributed by atoms with E-state index in [9.17, 15) is 9.50 Å². The molecule has 0 spiro atoms. The van der Waals surface area contributed by atoms with Crippen LogP contribution in [-0.2, 0) is 13.0 Å². The number of hydrogen-bond donors (Lipinski definition) is 2. The molecule has 0 saturated heterocycles. The van der Waals surface area contributed by atoms with Gasteiger partial charge in [0, 0.05) is 18.7 Å². The minimum atomic E-state index is -0.981. The van der Waals surface area contributed by atoms with E-state index in [0.29, 0.717) is 30.1 Å². The standard InChI is InChI=1S/C16H17FN4O2/c1-2-14-7-15(20-23-14)16(22)19-13-8-18-21(10-13)9-11-4-3-5-12(17)6-11/h3-8,10,16,19,22H,2,9H2,1H3. The zero-order valence-electron chi connectivity index (χ0n) is 12.6. The highest BCUT2D eigenvalue weighted by Gasteiger charge is 2.13. The Morgan fingerprint density at radius 1 is 1.39 bits per heavy atom. The number of aliphatic hydroxyl groups is 1. The maximum Gasteiger partial charge on any atom is 0.171 e. The average molecular weight is 316 g/mol. The minimum absolute atomic E-state index is 0.277. The maximum absolute atomic E-state index is 13.2. The van der Waals surface area contributed by atoms with Crippen molar-refractivity contribution in [1.82, 2.24) is 14.9 Å². The van der Waals surface area contributed by atoms with Crippen LogP contribution in [0.3, 0.4) is 0 Å². The first-order valence-electron chi connectivity index (χ1n) is 7.31. The van der Waals surface area contributed by atoms with Gasteiger partial charge >= 0.3 is 0 Å². The SMILES string of the molecule is CCc1cc(C(O)Nc2cnn(Cc3cccc(F)c3)c2)no1. The first kappa shape index (κ1) is 15.2. The third-order valence-electron chi connectivity index (χ3n) is 3.38. The first-order valence-corrected chi connectivity index (χ1v) is 7.31. The number of hydrogen-bond acceptors (Lipinski definition) is 5. The summed E-state index contributed by atoms with van der Waals surface area (Å²) in [4.78, 5) is 0. The van der Waals surface area contributed by atoms with Gasteiger partial charge in [0.15, 0.2) is 6.23 Å². The van der Waals surface area contributed by atoms with Gasteiger partial charge in [-0.2, -0.15) is 5.10 Å². The number of nitrogens with zero attached hydrogens (tertiary/aromatic N) is 3. The third kappa shape index (κ3) is 3.75. The van der Waals surface area contributed by atoms with E-state index in [1.807, 2.05) is 13.0 Å². The normalized spacial score (nSPS) is 12.3. The van der Waals surface area contributed by atoms with Gasteiger partial charge in [0.2, 0.25) is 0 Å². The largest absolute Gasteiger partial charge is 0.368 e. The van der Waals surface area contributed by atoms with Crippen LogP contribution in [0.15, 0.2) is 47.2 Å². The van der Waals surface area contributed by atoms with Gasteiger partial charge in [-0.15, -0.1) is 0 Å². The molecule has 3 rings (SSSR count). The van der Waals surface area contributed by atoms with Crippen molar-refractivity contribution in [2.24, 2.45) is 0 Å². The highest BCUT2D eigenvalue weighted by Crippen LogP contribution is 2.17. The highest BCUT2D eigenvalue weighted by atomic mass is 19.1. The Balaban J connectivity index is 1.64. The Morgan fingerprint density at radius 2 is 2.26 bits per heavy atom. The predicted octanol–water partition coefficient (Wildman–Crippen LogP) is 2.72. The summed E-state index contributed by atoms with van der Waals surface area (Å²) in [5.41, 5.74) is 1.86. The van der Waals surface area contributed by atoms with Gasteiger partial charge in [-0.25, -0.2) is 4.39 Å². The molecule has 0 aliphatic carbocycles. The fourth-order valence-electron chi connectivity index (χ4n) is 2.20. The molecule has 1 atom stereocenters. The molecular weight excluding hydrogens is 299 g/mol. The fraction of sp³-hybridized carbons (Fsp3) is 0.250. The predicted molar refractivity (Wildman–Crippen MR) is 82.2 cm³/mol. The van der Waals surface area contributed by atoms with Crippen LogP contribution in [0.25, 0.3) is 0 Å². The van der Waals surface area contributed by atoms with Crippen molar-refractivity contribution in [2.75, 3.05) is 5.32 Å². The monoisotopic (exact) mass is 316 g/mol. The Hall–Kier alpha value is -2.67. The van der Waals surface area contributed by atoms with Crippen LogP contribution in [0.4, 0.5) is 10.1 Å². The Labute approximate surface area is 132 Å². The van der Waals surface area contributed by atoms with Crippen LogP contribution in [-0.4, -0.2) is 20.0 Å². The molecule has 1 aromatic carbocycles. The van der Waals surface area contributed by atoms with Crippen LogP contribution >= 0.6 is 0 Å². The van der Waals surface area contributed by atoms with Gasteiger partial charge in [-0.3, -0.25) is 4.68 Å². The van der Waals surface area contributed by atoms with Crippen LogP contribution in [0.1, 0.15) is 30.2 Å². The summed E-state index contributed by atoms with van der Waals surface area (Å²) in [5.74, 6) is 0.434. The lowest BCUT2D eigenvalue weighted by Crippen LogP contribution is -2.09. The summed E-state index contributed by atoms with van der Waals surface area (Å²) in [6.45, 7) is 2.39. The molecule has 6 nitrogen and oxygen atoms in total. The summed E-state index contributed by atoms with van der Waals surface area (Å²) in [5, 5.41) is 21.0. The van der Waals surface area contributed by atoms with Crippen molar-refractivity contribution in [3.05, 3.63) is 65.6 Å². The van der Waals surface area contributed by atoms with E-state index in [4.69, 9.17) is 4.52 Å². The molecule has 0 saturated carbocycles. The van der Waals surface area contributed by atoms with Gasteiger partial charge in [-0.05, 0) is 17.7 Å². The minimum Gasteiger partial charge on any atom is -0.368 e. The third-order valence-corrected chi connectivity index (χ3v) is 3.38. The van der Waals surface area contributed by atoms with E-state index in [1.54, 1.807) is 29.2 Å². The fourth-order valence-corrected chi connectivity index (χ4v) is 2.20. The van der Waals surface area contributed by atoms with Crippen molar-refractivity contribution in [3.8, 4) is 0 Å². The zero-order chi connectivity index (χ0) is 16.2. The number of rotatable bonds is 6. The molecule has 0 aliphatic heterocycles. The molecule has 0 radical (unpaired) electrons. The second-order valence-corrected chi connectivity index (χ2v) is 5.18. The summed E-state index contributed by atoms with van der Waals surface area (Å²) < 4.78 is 19.9. The van der Waals surface area contributed by atoms with Gasteiger partial charge < -0.3 is 14.9 Å². The Kier molecular flexibility index (Phi) is 4.38. The summed E-state index contributed by atoms with van der Waals surface area (Å²) in [7, 11) is 0. The summed E-state index contributed by atoms with van der Waals surface area (Å²) in [6, 6.07) is 8.06. The van der Waals surface area contributed by atoms with Crippen molar-refractivity contribution in [1.29, 1.82) is 0 Å². The second-order valence-electron chi connectivity index (χ2n) is 5.18. The van der Waals surface area contributed by atoms with E-state index in [1.165, 1.54) is 12.1 Å². The topological polar surface area (TPSA) is 76.1 Å². The van der Waals surface area contributed by atoms with E-state index in [0.717, 1.165) is 5.56 Å². The lowest BCUT2D eigenvalue weighted by atomic mass is 10.2. The van der Waals surface area contributed by atoms with Gasteiger partial charge in [0.25, 0.3) is 0 Å². The molecule has 2 aromatic heterocycles. The molecule has 120 valence electrons. The van der Waals surface area contributed by atoms with Gasteiger partial charge in [0.05, 0.1) is 18.4 Å². The molecule has 0 amide bonds. The van der Waals surface area contributed by atoms with Gasteiger partial charge in [-0.1, -0.05) is 24.2 Å². The van der Waals surface area contributed by atoms with Crippen molar-refractivity contribution in [3.63, 3.8) is 0 Å². The summed E-state index contributed by atoms with van der Waals surface area (Å²) in [6.07, 6.45) is 3.05. The van der Waals surface area contributed by atoms with Crippen molar-refractivity contribution >= 4 is 5.69 Å². The molecule has 3 aromatic rings. The van der Waals surface area contributed by atoms with E-state index < -0.39 is 6.23 Å². The number of aryl methyl sites for hydroxylation is 1.